The number of likely N-dealkylation sites (N-methyl/N-ethyl adjacent to an activating group) is 1. The minimum atomic E-state index is -0.426. The van der Waals surface area contributed by atoms with Gasteiger partial charge in [0.25, 0.3) is 5.91 Å². The Morgan fingerprint density at radius 2 is 2.28 bits per heavy atom. The first-order valence-electron chi connectivity index (χ1n) is 5.87. The lowest BCUT2D eigenvalue weighted by molar-refractivity contribution is 0.0645. The van der Waals surface area contributed by atoms with Gasteiger partial charge in [0.05, 0.1) is 16.7 Å². The molecule has 1 fully saturated rings. The van der Waals surface area contributed by atoms with Crippen molar-refractivity contribution in [2.75, 3.05) is 13.6 Å². The molecule has 0 spiro atoms. The summed E-state index contributed by atoms with van der Waals surface area (Å²) in [5.74, 6) is 0.194. The molecular formula is C13H15BrClNO2. The maximum absolute atomic E-state index is 12.2. The second-order valence-electron chi connectivity index (χ2n) is 4.71. The van der Waals surface area contributed by atoms with E-state index in [-0.39, 0.29) is 5.91 Å². The predicted molar refractivity (Wildman–Crippen MR) is 74.8 cm³/mol. The summed E-state index contributed by atoms with van der Waals surface area (Å²) < 4.78 is 0.811. The number of aliphatic hydroxyl groups is 1. The van der Waals surface area contributed by atoms with E-state index in [1.54, 1.807) is 25.2 Å². The minimum Gasteiger partial charge on any atom is -0.391 e. The first-order valence-corrected chi connectivity index (χ1v) is 7.04. The van der Waals surface area contributed by atoms with Crippen molar-refractivity contribution in [2.45, 2.75) is 18.9 Å². The fraction of sp³-hybridized carbons (Fsp3) is 0.462. The highest BCUT2D eigenvalue weighted by Crippen LogP contribution is 2.33. The van der Waals surface area contributed by atoms with Crippen molar-refractivity contribution in [3.05, 3.63) is 33.3 Å². The first kappa shape index (κ1) is 13.8. The summed E-state index contributed by atoms with van der Waals surface area (Å²) in [6.45, 7) is 0.354. The average Bonchev–Trinajstić information content (AvgIpc) is 3.15. The highest BCUT2D eigenvalue weighted by Gasteiger charge is 2.31. The monoisotopic (exact) mass is 331 g/mol. The van der Waals surface area contributed by atoms with Crippen LogP contribution in [0.25, 0.3) is 0 Å². The number of carbonyl (C=O) groups excluding carboxylic acids is 1. The van der Waals surface area contributed by atoms with Gasteiger partial charge >= 0.3 is 0 Å². The molecule has 0 saturated heterocycles. The molecule has 0 aliphatic heterocycles. The number of carbonyl (C=O) groups is 1. The molecule has 1 aliphatic rings. The van der Waals surface area contributed by atoms with Gasteiger partial charge in [-0.1, -0.05) is 27.5 Å². The Balaban J connectivity index is 2.07. The number of nitrogens with zero attached hydrogens (tertiary/aromatic N) is 1. The van der Waals surface area contributed by atoms with Gasteiger partial charge in [-0.2, -0.15) is 0 Å². The summed E-state index contributed by atoms with van der Waals surface area (Å²) in [5, 5.41) is 10.3. The van der Waals surface area contributed by atoms with Gasteiger partial charge < -0.3 is 10.0 Å². The summed E-state index contributed by atoms with van der Waals surface area (Å²) in [4.78, 5) is 13.7. The lowest BCUT2D eigenvalue weighted by Crippen LogP contribution is -2.35. The molecular weight excluding hydrogens is 318 g/mol. The van der Waals surface area contributed by atoms with Crippen LogP contribution >= 0.6 is 27.5 Å². The van der Waals surface area contributed by atoms with E-state index in [1.807, 2.05) is 0 Å². The Kier molecular flexibility index (Phi) is 4.30. The van der Waals surface area contributed by atoms with Crippen LogP contribution in [0.3, 0.4) is 0 Å². The summed E-state index contributed by atoms with van der Waals surface area (Å²) in [6, 6.07) is 5.17. The number of aliphatic hydroxyl groups excluding tert-OH is 1. The van der Waals surface area contributed by atoms with Crippen LogP contribution < -0.4 is 0 Å². The minimum absolute atomic E-state index is 0.166. The third kappa shape index (κ3) is 3.25. The van der Waals surface area contributed by atoms with Crippen LogP contribution in [-0.4, -0.2) is 35.6 Å². The van der Waals surface area contributed by atoms with E-state index in [0.717, 1.165) is 17.3 Å². The molecule has 2 rings (SSSR count). The van der Waals surface area contributed by atoms with Crippen molar-refractivity contribution < 1.29 is 9.90 Å². The van der Waals surface area contributed by atoms with Gasteiger partial charge in [0.1, 0.15) is 0 Å². The van der Waals surface area contributed by atoms with Crippen LogP contribution in [-0.2, 0) is 0 Å². The van der Waals surface area contributed by atoms with Crippen molar-refractivity contribution in [1.82, 2.24) is 4.90 Å². The second kappa shape index (κ2) is 5.59. The summed E-state index contributed by atoms with van der Waals surface area (Å²) in [6.07, 6.45) is 1.69. The molecule has 98 valence electrons. The maximum Gasteiger partial charge on any atom is 0.255 e. The van der Waals surface area contributed by atoms with Gasteiger partial charge in [-0.05, 0) is 37.0 Å². The van der Waals surface area contributed by atoms with Crippen LogP contribution in [0.2, 0.25) is 5.02 Å². The molecule has 0 radical (unpaired) electrons. The Hall–Kier alpha value is -0.580. The third-order valence-corrected chi connectivity index (χ3v) is 3.96. The van der Waals surface area contributed by atoms with E-state index in [2.05, 4.69) is 15.9 Å². The standard InChI is InChI=1S/C13H15BrClNO2/c1-16(7-12(17)8-2-3-8)13(18)10-6-9(14)4-5-11(10)15/h4-6,8,12,17H,2-3,7H2,1H3. The van der Waals surface area contributed by atoms with Crippen LogP contribution in [0.1, 0.15) is 23.2 Å². The first-order chi connectivity index (χ1) is 8.49. The quantitative estimate of drug-likeness (QED) is 0.921. The van der Waals surface area contributed by atoms with Gasteiger partial charge in [0.2, 0.25) is 0 Å². The molecule has 1 aromatic carbocycles. The molecule has 0 heterocycles. The van der Waals surface area contributed by atoms with Gasteiger partial charge in [-0.15, -0.1) is 0 Å². The topological polar surface area (TPSA) is 40.5 Å². The van der Waals surface area contributed by atoms with E-state index in [4.69, 9.17) is 11.6 Å². The zero-order valence-electron chi connectivity index (χ0n) is 10.1. The smallest absolute Gasteiger partial charge is 0.255 e. The number of hydrogen-bond donors (Lipinski definition) is 1. The lowest BCUT2D eigenvalue weighted by Gasteiger charge is -2.21. The highest BCUT2D eigenvalue weighted by atomic mass is 79.9. The molecule has 18 heavy (non-hydrogen) atoms. The molecule has 0 aromatic heterocycles. The van der Waals surface area contributed by atoms with Crippen molar-refractivity contribution >= 4 is 33.4 Å². The Morgan fingerprint density at radius 3 is 2.89 bits per heavy atom. The SMILES string of the molecule is CN(CC(O)C1CC1)C(=O)c1cc(Br)ccc1Cl. The average molecular weight is 333 g/mol. The predicted octanol–water partition coefficient (Wildman–Crippen LogP) is 2.95. The molecule has 5 heteroatoms. The van der Waals surface area contributed by atoms with Crippen LogP contribution in [0.4, 0.5) is 0 Å². The van der Waals surface area contributed by atoms with E-state index >= 15 is 0 Å². The number of benzene rings is 1. The summed E-state index contributed by atoms with van der Waals surface area (Å²) >= 11 is 9.33. The molecule has 0 bridgehead atoms. The van der Waals surface area contributed by atoms with Crippen LogP contribution in [0, 0.1) is 5.92 Å². The van der Waals surface area contributed by atoms with Gasteiger partial charge in [0.15, 0.2) is 0 Å². The second-order valence-corrected chi connectivity index (χ2v) is 6.04. The Labute approximate surface area is 120 Å². The van der Waals surface area contributed by atoms with E-state index < -0.39 is 6.10 Å². The van der Waals surface area contributed by atoms with Gasteiger partial charge in [0, 0.05) is 18.1 Å². The number of rotatable bonds is 4. The largest absolute Gasteiger partial charge is 0.391 e. The molecule has 1 N–H and O–H groups in total. The Bertz CT molecular complexity index is 462. The van der Waals surface area contributed by atoms with E-state index in [0.29, 0.717) is 23.0 Å². The van der Waals surface area contributed by atoms with Gasteiger partial charge in [-0.3, -0.25) is 4.79 Å². The van der Waals surface area contributed by atoms with Gasteiger partial charge in [-0.25, -0.2) is 0 Å². The summed E-state index contributed by atoms with van der Waals surface area (Å²) in [7, 11) is 1.69. The zero-order chi connectivity index (χ0) is 13.3. The van der Waals surface area contributed by atoms with Crippen LogP contribution in [0.15, 0.2) is 22.7 Å². The summed E-state index contributed by atoms with van der Waals surface area (Å²) in [5.41, 5.74) is 0.455. The number of halogens is 2. The molecule has 1 unspecified atom stereocenters. The maximum atomic E-state index is 12.2. The highest BCUT2D eigenvalue weighted by molar-refractivity contribution is 9.10. The van der Waals surface area contributed by atoms with E-state index in [1.165, 1.54) is 4.90 Å². The van der Waals surface area contributed by atoms with Crippen molar-refractivity contribution in [1.29, 1.82) is 0 Å². The number of amides is 1. The molecule has 1 aromatic rings. The molecule has 1 amide bonds. The molecule has 3 nitrogen and oxygen atoms in total. The van der Waals surface area contributed by atoms with E-state index in [9.17, 15) is 9.90 Å². The number of hydrogen-bond acceptors (Lipinski definition) is 2. The zero-order valence-corrected chi connectivity index (χ0v) is 12.4. The van der Waals surface area contributed by atoms with Crippen molar-refractivity contribution in [2.24, 2.45) is 5.92 Å². The fourth-order valence-corrected chi connectivity index (χ4v) is 2.42. The lowest BCUT2D eigenvalue weighted by atomic mass is 10.1. The molecule has 1 saturated carbocycles. The van der Waals surface area contributed by atoms with Crippen molar-refractivity contribution in [3.8, 4) is 0 Å². The normalized spacial score (nSPS) is 16.4. The Morgan fingerprint density at radius 1 is 1.61 bits per heavy atom. The van der Waals surface area contributed by atoms with Crippen molar-refractivity contribution in [3.63, 3.8) is 0 Å². The fourth-order valence-electron chi connectivity index (χ4n) is 1.86. The molecule has 1 aliphatic carbocycles. The third-order valence-electron chi connectivity index (χ3n) is 3.13. The molecule has 1 atom stereocenters. The van der Waals surface area contributed by atoms with Crippen LogP contribution in [0.5, 0.6) is 0 Å².